The minimum absolute atomic E-state index is 0.0646. The third-order valence-electron chi connectivity index (χ3n) is 6.98. The van der Waals surface area contributed by atoms with Gasteiger partial charge in [-0.05, 0) is 36.1 Å². The molecular formula is C25H28N10O2. The van der Waals surface area contributed by atoms with Gasteiger partial charge < -0.3 is 15.8 Å². The number of hydrogen-bond donors (Lipinski definition) is 2. The Morgan fingerprint density at radius 3 is 2.89 bits per heavy atom. The van der Waals surface area contributed by atoms with Gasteiger partial charge in [-0.15, -0.1) is 5.10 Å². The Kier molecular flexibility index (Phi) is 6.10. The first-order chi connectivity index (χ1) is 18.0. The molecule has 6 rings (SSSR count). The van der Waals surface area contributed by atoms with Gasteiger partial charge >= 0.3 is 0 Å². The van der Waals surface area contributed by atoms with E-state index < -0.39 is 5.91 Å². The van der Waals surface area contributed by atoms with E-state index in [1.165, 1.54) is 5.56 Å². The average molecular weight is 501 g/mol. The van der Waals surface area contributed by atoms with Crippen molar-refractivity contribution in [3.8, 4) is 11.3 Å². The Hall–Kier alpha value is -4.16. The van der Waals surface area contributed by atoms with Crippen molar-refractivity contribution in [2.24, 2.45) is 12.8 Å². The maximum atomic E-state index is 11.6. The van der Waals surface area contributed by atoms with Crippen LogP contribution in [0.1, 0.15) is 40.5 Å². The van der Waals surface area contributed by atoms with Crippen LogP contribution in [0.15, 0.2) is 49.1 Å². The van der Waals surface area contributed by atoms with Crippen LogP contribution in [0.2, 0.25) is 0 Å². The number of aryl methyl sites for hydroxylation is 1. The van der Waals surface area contributed by atoms with Gasteiger partial charge in [0.15, 0.2) is 5.69 Å². The number of nitrogens with two attached hydrogens (primary N) is 1. The van der Waals surface area contributed by atoms with Crippen molar-refractivity contribution in [3.63, 3.8) is 0 Å². The number of ether oxygens (including phenoxy) is 1. The van der Waals surface area contributed by atoms with E-state index in [9.17, 15) is 4.79 Å². The Morgan fingerprint density at radius 1 is 1.22 bits per heavy atom. The zero-order chi connectivity index (χ0) is 25.4. The van der Waals surface area contributed by atoms with Crippen LogP contribution in [-0.4, -0.2) is 71.3 Å². The molecule has 0 radical (unpaired) electrons. The molecular weight excluding hydrogens is 472 g/mol. The van der Waals surface area contributed by atoms with Crippen molar-refractivity contribution >= 4 is 17.5 Å². The summed E-state index contributed by atoms with van der Waals surface area (Å²) in [5.74, 6) is -0.0794. The van der Waals surface area contributed by atoms with Crippen LogP contribution >= 0.6 is 0 Å². The molecule has 0 unspecified atom stereocenters. The normalized spacial score (nSPS) is 19.9. The third-order valence-corrected chi connectivity index (χ3v) is 6.98. The fourth-order valence-electron chi connectivity index (χ4n) is 5.10. The first kappa shape index (κ1) is 23.3. The van der Waals surface area contributed by atoms with Crippen LogP contribution in [0.25, 0.3) is 11.3 Å². The molecule has 37 heavy (non-hydrogen) atoms. The molecule has 1 aromatic carbocycles. The summed E-state index contributed by atoms with van der Waals surface area (Å²) in [5, 5.41) is 15.6. The molecule has 3 N–H and O–H groups in total. The van der Waals surface area contributed by atoms with E-state index in [-0.39, 0.29) is 11.7 Å². The highest BCUT2D eigenvalue weighted by atomic mass is 16.5. The highest BCUT2D eigenvalue weighted by molar-refractivity contribution is 5.90. The number of nitrogens with zero attached hydrogens (tertiary/aromatic N) is 8. The second kappa shape index (κ2) is 9.71. The molecule has 12 heteroatoms. The van der Waals surface area contributed by atoms with Gasteiger partial charge in [-0.2, -0.15) is 5.10 Å². The molecule has 5 heterocycles. The molecule has 0 bridgehead atoms. The van der Waals surface area contributed by atoms with Crippen molar-refractivity contribution in [3.05, 3.63) is 65.9 Å². The van der Waals surface area contributed by atoms with E-state index in [2.05, 4.69) is 48.8 Å². The van der Waals surface area contributed by atoms with Gasteiger partial charge in [0.25, 0.3) is 5.91 Å². The van der Waals surface area contributed by atoms with Gasteiger partial charge in [-0.3, -0.25) is 14.4 Å². The summed E-state index contributed by atoms with van der Waals surface area (Å²) in [5.41, 5.74) is 10.6. The topological polar surface area (TPSA) is 142 Å². The van der Waals surface area contributed by atoms with E-state index in [1.54, 1.807) is 28.0 Å². The zero-order valence-electron chi connectivity index (χ0n) is 20.5. The molecule has 0 spiro atoms. The van der Waals surface area contributed by atoms with Crippen molar-refractivity contribution < 1.29 is 9.53 Å². The number of carbonyl (C=O) groups excluding carboxylic acids is 1. The van der Waals surface area contributed by atoms with Crippen LogP contribution < -0.4 is 11.1 Å². The molecule has 3 aromatic heterocycles. The summed E-state index contributed by atoms with van der Waals surface area (Å²) in [6, 6.07) is 8.61. The molecule has 2 aliphatic rings. The number of primary amides is 1. The van der Waals surface area contributed by atoms with Crippen LogP contribution in [0.5, 0.6) is 0 Å². The maximum Gasteiger partial charge on any atom is 0.270 e. The monoisotopic (exact) mass is 500 g/mol. The molecule has 0 saturated carbocycles. The van der Waals surface area contributed by atoms with E-state index in [0.717, 1.165) is 61.7 Å². The fraction of sp³-hybridized carbons (Fsp3) is 0.360. The first-order valence-corrected chi connectivity index (χ1v) is 12.3. The zero-order valence-corrected chi connectivity index (χ0v) is 20.5. The molecule has 12 nitrogen and oxygen atoms in total. The lowest BCUT2D eigenvalue weighted by Gasteiger charge is -2.26. The number of carbonyl (C=O) groups is 1. The fourth-order valence-corrected chi connectivity index (χ4v) is 5.10. The number of rotatable bonds is 6. The van der Waals surface area contributed by atoms with Crippen LogP contribution in [0, 0.1) is 0 Å². The predicted molar refractivity (Wildman–Crippen MR) is 135 cm³/mol. The number of anilines is 2. The van der Waals surface area contributed by atoms with Crippen molar-refractivity contribution in [2.75, 3.05) is 25.1 Å². The second-order valence-corrected chi connectivity index (χ2v) is 9.45. The smallest absolute Gasteiger partial charge is 0.270 e. The quantitative estimate of drug-likeness (QED) is 0.406. The van der Waals surface area contributed by atoms with Gasteiger partial charge in [0.2, 0.25) is 5.95 Å². The third kappa shape index (κ3) is 4.80. The Bertz CT molecular complexity index is 1420. The van der Waals surface area contributed by atoms with Crippen molar-refractivity contribution in [1.29, 1.82) is 0 Å². The van der Waals surface area contributed by atoms with Gasteiger partial charge in [-0.25, -0.2) is 14.6 Å². The summed E-state index contributed by atoms with van der Waals surface area (Å²) >= 11 is 0. The molecule has 1 saturated heterocycles. The lowest BCUT2D eigenvalue weighted by molar-refractivity contribution is 0.0995. The number of hydrogen-bond acceptors (Lipinski definition) is 9. The van der Waals surface area contributed by atoms with E-state index in [1.807, 2.05) is 19.3 Å². The van der Waals surface area contributed by atoms with E-state index >= 15 is 0 Å². The van der Waals surface area contributed by atoms with E-state index in [4.69, 9.17) is 15.5 Å². The molecule has 0 aliphatic carbocycles. The molecule has 190 valence electrons. The summed E-state index contributed by atoms with van der Waals surface area (Å²) in [4.78, 5) is 23.2. The van der Waals surface area contributed by atoms with Crippen LogP contribution in [0.3, 0.4) is 0 Å². The molecule has 1 amide bonds. The number of amides is 1. The van der Waals surface area contributed by atoms with Crippen molar-refractivity contribution in [1.82, 2.24) is 39.6 Å². The summed E-state index contributed by atoms with van der Waals surface area (Å²) < 4.78 is 9.16. The summed E-state index contributed by atoms with van der Waals surface area (Å²) in [7, 11) is 1.86. The molecule has 1 fully saturated rings. The van der Waals surface area contributed by atoms with Crippen molar-refractivity contribution in [2.45, 2.75) is 31.5 Å². The largest absolute Gasteiger partial charge is 0.380 e. The van der Waals surface area contributed by atoms with E-state index in [0.29, 0.717) is 12.0 Å². The predicted octanol–water partition coefficient (Wildman–Crippen LogP) is 1.90. The van der Waals surface area contributed by atoms with Gasteiger partial charge in [0, 0.05) is 50.7 Å². The van der Waals surface area contributed by atoms with Gasteiger partial charge in [-0.1, -0.05) is 17.3 Å². The van der Waals surface area contributed by atoms with Gasteiger partial charge in [0.05, 0.1) is 36.4 Å². The first-order valence-electron chi connectivity index (χ1n) is 12.3. The Labute approximate surface area is 213 Å². The number of benzene rings is 1. The minimum Gasteiger partial charge on any atom is -0.380 e. The minimum atomic E-state index is -0.584. The lowest BCUT2D eigenvalue weighted by atomic mass is 9.96. The summed E-state index contributed by atoms with van der Waals surface area (Å²) in [6.45, 7) is 3.19. The number of aromatic nitrogens is 7. The Morgan fingerprint density at radius 2 is 2.14 bits per heavy atom. The SMILES string of the molecule is Cn1cc(Nc2nccc(-c3ccc4c(c3)CN([C@@H]3CCOC3)CC[C@@H]4n3cc(C(N)=O)nn3)n2)cn1. The number of fused-ring (bicyclic) bond motifs is 1. The highest BCUT2D eigenvalue weighted by Crippen LogP contribution is 2.34. The Balaban J connectivity index is 1.35. The summed E-state index contributed by atoms with van der Waals surface area (Å²) in [6.07, 6.45) is 8.83. The highest BCUT2D eigenvalue weighted by Gasteiger charge is 2.30. The maximum absolute atomic E-state index is 11.6. The number of nitrogens with one attached hydrogen (secondary N) is 1. The molecule has 2 aliphatic heterocycles. The van der Waals surface area contributed by atoms with Crippen LogP contribution in [-0.2, 0) is 18.3 Å². The molecule has 4 aromatic rings. The standard InChI is InChI=1S/C25H28N10O2/c1-33-13-18(11-28-33)29-25-27-7-4-21(30-25)16-2-3-20-17(10-16)12-34(19-6-9-37-15-19)8-5-23(20)35-14-22(24(26)36)31-32-35/h2-4,7,10-11,13-14,19,23H,5-6,8-9,12,15H2,1H3,(H2,26,36)(H,27,29,30)/t19-,23+/m1/s1. The van der Waals surface area contributed by atoms with Crippen LogP contribution in [0.4, 0.5) is 11.6 Å². The lowest BCUT2D eigenvalue weighted by Crippen LogP contribution is -2.35. The molecule has 2 atom stereocenters. The second-order valence-electron chi connectivity index (χ2n) is 9.45. The van der Waals surface area contributed by atoms with Gasteiger partial charge in [0.1, 0.15) is 0 Å². The average Bonchev–Trinajstić information content (AvgIpc) is 3.65.